The summed E-state index contributed by atoms with van der Waals surface area (Å²) in [6, 6.07) is 3.96. The van der Waals surface area contributed by atoms with Gasteiger partial charge in [0.1, 0.15) is 5.69 Å². The van der Waals surface area contributed by atoms with Crippen LogP contribution in [0.2, 0.25) is 0 Å². The Morgan fingerprint density at radius 3 is 2.14 bits per heavy atom. The summed E-state index contributed by atoms with van der Waals surface area (Å²) in [6.45, 7) is 0. The van der Waals surface area contributed by atoms with E-state index in [1.165, 1.54) is 31.4 Å². The van der Waals surface area contributed by atoms with Crippen LogP contribution < -0.4 is 5.32 Å². The number of nitrogens with one attached hydrogen (secondary N) is 1. The number of nitro groups is 2. The number of nitro benzene ring substituents is 2. The van der Waals surface area contributed by atoms with E-state index in [0.29, 0.717) is 5.69 Å². The Balaban J connectivity index is 2.17. The summed E-state index contributed by atoms with van der Waals surface area (Å²) in [5, 5.41) is 25.0. The molecule has 0 aliphatic heterocycles. The van der Waals surface area contributed by atoms with Gasteiger partial charge in [-0.25, -0.2) is 0 Å². The molecule has 1 N–H and O–H groups in total. The molecule has 0 radical (unpaired) electrons. The van der Waals surface area contributed by atoms with E-state index in [1.54, 1.807) is 0 Å². The van der Waals surface area contributed by atoms with E-state index in [1.807, 2.05) is 0 Å². The van der Waals surface area contributed by atoms with Crippen molar-refractivity contribution in [3.05, 3.63) is 38.4 Å². The molecule has 21 heavy (non-hydrogen) atoms. The lowest BCUT2D eigenvalue weighted by Crippen LogP contribution is -2.21. The Morgan fingerprint density at radius 1 is 0.952 bits per heavy atom. The third kappa shape index (κ3) is 4.14. The van der Waals surface area contributed by atoms with Crippen molar-refractivity contribution in [2.24, 2.45) is 0 Å². The number of hydrogen-bond acceptors (Lipinski definition) is 5. The molecular weight excluding hydrogens is 274 g/mol. The van der Waals surface area contributed by atoms with Crippen LogP contribution in [0, 0.1) is 20.2 Å². The van der Waals surface area contributed by atoms with Crippen molar-refractivity contribution < 1.29 is 9.85 Å². The maximum atomic E-state index is 11.1. The maximum Gasteiger partial charge on any atom is 0.299 e. The lowest BCUT2D eigenvalue weighted by molar-refractivity contribution is -0.393. The van der Waals surface area contributed by atoms with Crippen molar-refractivity contribution in [1.82, 2.24) is 0 Å². The highest BCUT2D eigenvalue weighted by Crippen LogP contribution is 2.31. The van der Waals surface area contributed by atoms with Crippen LogP contribution in [0.15, 0.2) is 18.2 Å². The number of nitrogens with zero attached hydrogens (tertiary/aromatic N) is 2. The Morgan fingerprint density at radius 2 is 1.57 bits per heavy atom. The first-order valence-corrected chi connectivity index (χ1v) is 7.27. The molecule has 1 aromatic rings. The Hall–Kier alpha value is -2.18. The summed E-state index contributed by atoms with van der Waals surface area (Å²) in [6.07, 6.45) is 7.82. The van der Waals surface area contributed by atoms with Gasteiger partial charge in [-0.15, -0.1) is 0 Å². The number of hydrogen-bond donors (Lipinski definition) is 1. The van der Waals surface area contributed by atoms with E-state index >= 15 is 0 Å². The van der Waals surface area contributed by atoms with Crippen molar-refractivity contribution in [3.8, 4) is 0 Å². The Bertz CT molecular complexity index is 525. The van der Waals surface area contributed by atoms with Gasteiger partial charge in [-0.2, -0.15) is 0 Å². The fraction of sp³-hybridized carbons (Fsp3) is 0.571. The van der Waals surface area contributed by atoms with Gasteiger partial charge in [-0.3, -0.25) is 20.2 Å². The number of benzene rings is 1. The van der Waals surface area contributed by atoms with Crippen LogP contribution in [0.3, 0.4) is 0 Å². The molecule has 0 heterocycles. The van der Waals surface area contributed by atoms with E-state index < -0.39 is 9.85 Å². The molecule has 0 atom stereocenters. The molecule has 1 fully saturated rings. The van der Waals surface area contributed by atoms with Crippen LogP contribution >= 0.6 is 0 Å². The second-order valence-corrected chi connectivity index (χ2v) is 5.40. The van der Waals surface area contributed by atoms with Crippen LogP contribution in [0.1, 0.15) is 44.9 Å². The van der Waals surface area contributed by atoms with Crippen LogP contribution in [0.4, 0.5) is 17.1 Å². The molecule has 7 nitrogen and oxygen atoms in total. The van der Waals surface area contributed by atoms with E-state index in [0.717, 1.165) is 31.7 Å². The molecular formula is C14H19N3O4. The summed E-state index contributed by atoms with van der Waals surface area (Å²) >= 11 is 0. The molecule has 1 saturated carbocycles. The van der Waals surface area contributed by atoms with Crippen molar-refractivity contribution in [2.75, 3.05) is 5.32 Å². The third-order valence-corrected chi connectivity index (χ3v) is 3.85. The smallest absolute Gasteiger partial charge is 0.299 e. The summed E-state index contributed by atoms with van der Waals surface area (Å²) < 4.78 is 0. The summed E-state index contributed by atoms with van der Waals surface area (Å²) in [4.78, 5) is 20.6. The predicted octanol–water partition coefficient (Wildman–Crippen LogP) is 4.03. The maximum absolute atomic E-state index is 11.1. The zero-order chi connectivity index (χ0) is 15.2. The zero-order valence-corrected chi connectivity index (χ0v) is 11.8. The average Bonchev–Trinajstić information content (AvgIpc) is 2.41. The molecule has 0 saturated heterocycles. The molecule has 0 aromatic heterocycles. The van der Waals surface area contributed by atoms with Gasteiger partial charge in [0.05, 0.1) is 15.9 Å². The molecule has 1 aliphatic carbocycles. The monoisotopic (exact) mass is 293 g/mol. The second kappa shape index (κ2) is 7.01. The Kier molecular flexibility index (Phi) is 5.08. The topological polar surface area (TPSA) is 98.3 Å². The van der Waals surface area contributed by atoms with Crippen molar-refractivity contribution in [1.29, 1.82) is 0 Å². The van der Waals surface area contributed by atoms with Gasteiger partial charge in [-0.05, 0) is 18.9 Å². The molecule has 0 amide bonds. The molecule has 0 spiro atoms. The van der Waals surface area contributed by atoms with Crippen LogP contribution in [-0.2, 0) is 0 Å². The van der Waals surface area contributed by atoms with E-state index in [2.05, 4.69) is 5.32 Å². The molecule has 7 heteroatoms. The summed E-state index contributed by atoms with van der Waals surface area (Å²) in [5.74, 6) is 0. The molecule has 114 valence electrons. The number of non-ortho nitro benzene ring substituents is 1. The largest absolute Gasteiger partial charge is 0.377 e. The van der Waals surface area contributed by atoms with E-state index in [4.69, 9.17) is 0 Å². The lowest BCUT2D eigenvalue weighted by atomic mass is 9.96. The van der Waals surface area contributed by atoms with Gasteiger partial charge in [0.2, 0.25) is 0 Å². The van der Waals surface area contributed by atoms with Crippen molar-refractivity contribution in [3.63, 3.8) is 0 Å². The van der Waals surface area contributed by atoms with Crippen molar-refractivity contribution >= 4 is 17.1 Å². The highest BCUT2D eigenvalue weighted by molar-refractivity contribution is 5.65. The summed E-state index contributed by atoms with van der Waals surface area (Å²) in [7, 11) is 0. The van der Waals surface area contributed by atoms with Crippen LogP contribution in [-0.4, -0.2) is 15.9 Å². The minimum absolute atomic E-state index is 0.199. The van der Waals surface area contributed by atoms with Gasteiger partial charge in [-0.1, -0.05) is 32.1 Å². The SMILES string of the molecule is O=[N+]([O-])c1ccc(NC2CCCCCCC2)c([N+](=O)[O-])c1. The first kappa shape index (κ1) is 15.2. The first-order chi connectivity index (χ1) is 10.1. The zero-order valence-electron chi connectivity index (χ0n) is 11.8. The van der Waals surface area contributed by atoms with E-state index in [-0.39, 0.29) is 17.4 Å². The third-order valence-electron chi connectivity index (χ3n) is 3.85. The highest BCUT2D eigenvalue weighted by atomic mass is 16.6. The van der Waals surface area contributed by atoms with Crippen LogP contribution in [0.5, 0.6) is 0 Å². The van der Waals surface area contributed by atoms with Crippen molar-refractivity contribution in [2.45, 2.75) is 51.0 Å². The second-order valence-electron chi connectivity index (χ2n) is 5.40. The highest BCUT2D eigenvalue weighted by Gasteiger charge is 2.21. The van der Waals surface area contributed by atoms with Crippen LogP contribution in [0.25, 0.3) is 0 Å². The lowest BCUT2D eigenvalue weighted by Gasteiger charge is -2.21. The fourth-order valence-corrected chi connectivity index (χ4v) is 2.73. The van der Waals surface area contributed by atoms with Gasteiger partial charge in [0.15, 0.2) is 0 Å². The fourth-order valence-electron chi connectivity index (χ4n) is 2.73. The molecule has 1 aromatic carbocycles. The predicted molar refractivity (Wildman–Crippen MR) is 79.5 cm³/mol. The quantitative estimate of drug-likeness (QED) is 0.667. The van der Waals surface area contributed by atoms with Gasteiger partial charge in [0, 0.05) is 12.1 Å². The van der Waals surface area contributed by atoms with E-state index in [9.17, 15) is 20.2 Å². The molecule has 2 rings (SSSR count). The van der Waals surface area contributed by atoms with Gasteiger partial charge >= 0.3 is 0 Å². The molecule has 0 bridgehead atoms. The number of anilines is 1. The average molecular weight is 293 g/mol. The van der Waals surface area contributed by atoms with Gasteiger partial charge < -0.3 is 5.32 Å². The van der Waals surface area contributed by atoms with Gasteiger partial charge in [0.25, 0.3) is 11.4 Å². The Labute approximate surface area is 122 Å². The minimum Gasteiger partial charge on any atom is -0.377 e. The summed E-state index contributed by atoms with van der Waals surface area (Å²) in [5.41, 5.74) is -0.118. The molecule has 0 unspecified atom stereocenters. The standard InChI is InChI=1S/C14H19N3O4/c18-16(19)12-8-9-13(14(10-12)17(20)21)15-11-6-4-2-1-3-5-7-11/h8-11,15H,1-7H2. The normalized spacial score (nSPS) is 16.8. The first-order valence-electron chi connectivity index (χ1n) is 7.27. The number of rotatable bonds is 4. The minimum atomic E-state index is -0.618. The molecule has 1 aliphatic rings.